The van der Waals surface area contributed by atoms with E-state index in [1.54, 1.807) is 27.7 Å². The van der Waals surface area contributed by atoms with Gasteiger partial charge in [0.1, 0.15) is 6.29 Å². The Bertz CT molecular complexity index is 656. The molecule has 0 atom stereocenters. The topological polar surface area (TPSA) is 92.8 Å². The third kappa shape index (κ3) is 6.86. The second-order valence-corrected chi connectivity index (χ2v) is 10.1. The summed E-state index contributed by atoms with van der Waals surface area (Å²) in [5.41, 5.74) is -2.65. The number of carbonyl (C=O) groups is 4. The number of rotatable bonds is 10. The summed E-state index contributed by atoms with van der Waals surface area (Å²) in [5.74, 6) is -1.07. The molecular weight excluding hydrogens is 360 g/mol. The lowest BCUT2D eigenvalue weighted by Gasteiger charge is -2.38. The lowest BCUT2D eigenvalue weighted by atomic mass is 9.88. The van der Waals surface area contributed by atoms with Crippen LogP contribution >= 0.6 is 0 Å². The van der Waals surface area contributed by atoms with Crippen LogP contribution in [0, 0.1) is 5.41 Å². The molecule has 0 radical (unpaired) electrons. The number of hydrogen-bond donors (Lipinski definition) is 1. The van der Waals surface area contributed by atoms with Gasteiger partial charge in [0.05, 0.1) is 17.7 Å². The van der Waals surface area contributed by atoms with Crippen molar-refractivity contribution in [3.05, 3.63) is 12.2 Å². The quantitative estimate of drug-likeness (QED) is 0.454. The van der Waals surface area contributed by atoms with Gasteiger partial charge in [-0.15, -0.1) is 0 Å². The maximum atomic E-state index is 12.6. The Labute approximate surface area is 167 Å². The molecule has 0 saturated heterocycles. The van der Waals surface area contributed by atoms with Crippen molar-refractivity contribution >= 4 is 24.0 Å². The van der Waals surface area contributed by atoms with Crippen molar-refractivity contribution in [3.8, 4) is 0 Å². The molecule has 0 aliphatic carbocycles. The van der Waals surface area contributed by atoms with Crippen LogP contribution in [0.25, 0.3) is 0 Å². The second-order valence-electron chi connectivity index (χ2n) is 10.1. The van der Waals surface area contributed by atoms with E-state index in [4.69, 9.17) is 4.74 Å². The number of amides is 3. The minimum Gasteiger partial charge on any atom is -0.374 e. The first-order valence-electron chi connectivity index (χ1n) is 9.48. The molecular formula is C21H34N2O5. The van der Waals surface area contributed by atoms with Crippen LogP contribution in [-0.2, 0) is 23.9 Å². The van der Waals surface area contributed by atoms with E-state index in [0.29, 0.717) is 6.42 Å². The molecule has 0 fully saturated rings. The van der Waals surface area contributed by atoms with E-state index in [1.165, 1.54) is 12.2 Å². The highest BCUT2D eigenvalue weighted by Crippen LogP contribution is 2.27. The lowest BCUT2D eigenvalue weighted by molar-refractivity contribution is -0.144. The SMILES string of the molecule is CC(C)(C=O)COC(C)(C)CC(C)(C)NC(=O)CC(C)(C)N1C(=O)C=CC1=O. The van der Waals surface area contributed by atoms with Gasteiger partial charge in [0.25, 0.3) is 11.8 Å². The highest BCUT2D eigenvalue weighted by Gasteiger charge is 2.40. The predicted octanol–water partition coefficient (Wildman–Crippen LogP) is 2.39. The van der Waals surface area contributed by atoms with Crippen LogP contribution in [0.5, 0.6) is 0 Å². The normalized spacial score (nSPS) is 15.9. The smallest absolute Gasteiger partial charge is 0.254 e. The average Bonchev–Trinajstić information content (AvgIpc) is 2.82. The predicted molar refractivity (Wildman–Crippen MR) is 106 cm³/mol. The van der Waals surface area contributed by atoms with Gasteiger partial charge in [-0.2, -0.15) is 0 Å². The molecule has 1 N–H and O–H groups in total. The zero-order chi connectivity index (χ0) is 22.0. The van der Waals surface area contributed by atoms with Crippen LogP contribution < -0.4 is 5.32 Å². The molecule has 0 bridgehead atoms. The van der Waals surface area contributed by atoms with E-state index >= 15 is 0 Å². The highest BCUT2D eigenvalue weighted by molar-refractivity contribution is 6.13. The molecule has 1 heterocycles. The first-order chi connectivity index (χ1) is 12.5. The number of aldehydes is 1. The highest BCUT2D eigenvalue weighted by atomic mass is 16.5. The van der Waals surface area contributed by atoms with E-state index in [0.717, 1.165) is 11.2 Å². The Hall–Kier alpha value is -2.02. The Morgan fingerprint density at radius 1 is 1.04 bits per heavy atom. The summed E-state index contributed by atoms with van der Waals surface area (Å²) in [6.45, 7) is 14.9. The van der Waals surface area contributed by atoms with Crippen LogP contribution in [0.4, 0.5) is 0 Å². The van der Waals surface area contributed by atoms with E-state index in [9.17, 15) is 19.2 Å². The molecule has 0 unspecified atom stereocenters. The molecule has 0 aromatic rings. The molecule has 28 heavy (non-hydrogen) atoms. The number of hydrogen-bond acceptors (Lipinski definition) is 5. The third-order valence-electron chi connectivity index (χ3n) is 4.51. The fourth-order valence-electron chi connectivity index (χ4n) is 3.47. The fraction of sp³-hybridized carbons (Fsp3) is 0.714. The van der Waals surface area contributed by atoms with Crippen molar-refractivity contribution in [1.29, 1.82) is 0 Å². The van der Waals surface area contributed by atoms with Crippen molar-refractivity contribution in [2.75, 3.05) is 6.61 Å². The maximum absolute atomic E-state index is 12.6. The number of ether oxygens (including phenoxy) is 1. The molecule has 1 rings (SSSR count). The Morgan fingerprint density at radius 3 is 2.00 bits per heavy atom. The van der Waals surface area contributed by atoms with Crippen LogP contribution in [0.2, 0.25) is 0 Å². The fourth-order valence-corrected chi connectivity index (χ4v) is 3.47. The Balaban J connectivity index is 2.69. The summed E-state index contributed by atoms with van der Waals surface area (Å²) in [7, 11) is 0. The lowest BCUT2D eigenvalue weighted by Crippen LogP contribution is -2.54. The van der Waals surface area contributed by atoms with Gasteiger partial charge in [-0.05, 0) is 48.0 Å². The van der Waals surface area contributed by atoms with Crippen molar-refractivity contribution < 1.29 is 23.9 Å². The Morgan fingerprint density at radius 2 is 1.54 bits per heavy atom. The molecule has 0 saturated carbocycles. The van der Waals surface area contributed by atoms with E-state index < -0.39 is 33.9 Å². The minimum atomic E-state index is -0.933. The second kappa shape index (κ2) is 8.15. The summed E-state index contributed by atoms with van der Waals surface area (Å²) in [5, 5.41) is 2.97. The van der Waals surface area contributed by atoms with Gasteiger partial charge in [-0.3, -0.25) is 19.3 Å². The van der Waals surface area contributed by atoms with E-state index in [-0.39, 0.29) is 18.9 Å². The third-order valence-corrected chi connectivity index (χ3v) is 4.51. The summed E-state index contributed by atoms with van der Waals surface area (Å²) in [6.07, 6.45) is 3.81. The molecule has 158 valence electrons. The molecule has 3 amide bonds. The van der Waals surface area contributed by atoms with Gasteiger partial charge in [0, 0.05) is 29.5 Å². The molecule has 7 nitrogen and oxygen atoms in total. The van der Waals surface area contributed by atoms with Crippen LogP contribution in [0.3, 0.4) is 0 Å². The van der Waals surface area contributed by atoms with Gasteiger partial charge < -0.3 is 14.8 Å². The number of carbonyl (C=O) groups excluding carboxylic acids is 4. The van der Waals surface area contributed by atoms with E-state index in [1.807, 2.05) is 27.7 Å². The van der Waals surface area contributed by atoms with Crippen molar-refractivity contribution in [1.82, 2.24) is 10.2 Å². The minimum absolute atomic E-state index is 0.00491. The van der Waals surface area contributed by atoms with Crippen molar-refractivity contribution in [2.45, 2.75) is 84.9 Å². The standard InChI is InChI=1S/C21H34N2O5/c1-18(2,13-24)14-28-21(7,8)12-19(3,4)22-15(25)11-20(5,6)23-16(26)9-10-17(23)27/h9-10,13H,11-12,14H2,1-8H3,(H,22,25). The first-order valence-corrected chi connectivity index (χ1v) is 9.48. The monoisotopic (exact) mass is 394 g/mol. The molecule has 0 spiro atoms. The van der Waals surface area contributed by atoms with Crippen LogP contribution in [-0.4, -0.2) is 52.2 Å². The van der Waals surface area contributed by atoms with Gasteiger partial charge >= 0.3 is 0 Å². The number of nitrogens with zero attached hydrogens (tertiary/aromatic N) is 1. The van der Waals surface area contributed by atoms with Crippen molar-refractivity contribution in [2.24, 2.45) is 5.41 Å². The van der Waals surface area contributed by atoms with Gasteiger partial charge in [0.15, 0.2) is 0 Å². The summed E-state index contributed by atoms with van der Waals surface area (Å²) in [6, 6.07) is 0. The average molecular weight is 395 g/mol. The molecule has 1 aliphatic heterocycles. The van der Waals surface area contributed by atoms with E-state index in [2.05, 4.69) is 5.32 Å². The number of imide groups is 1. The van der Waals surface area contributed by atoms with Gasteiger partial charge in [0.2, 0.25) is 5.91 Å². The largest absolute Gasteiger partial charge is 0.374 e. The number of nitrogens with one attached hydrogen (secondary N) is 1. The summed E-state index contributed by atoms with van der Waals surface area (Å²) < 4.78 is 5.92. The molecule has 0 aromatic carbocycles. The Kier molecular flexibility index (Phi) is 6.99. The molecule has 7 heteroatoms. The maximum Gasteiger partial charge on any atom is 0.254 e. The van der Waals surface area contributed by atoms with Crippen LogP contribution in [0.1, 0.15) is 68.2 Å². The summed E-state index contributed by atoms with van der Waals surface area (Å²) in [4.78, 5) is 48.6. The molecule has 1 aliphatic rings. The van der Waals surface area contributed by atoms with Crippen molar-refractivity contribution in [3.63, 3.8) is 0 Å². The zero-order valence-electron chi connectivity index (χ0n) is 18.3. The van der Waals surface area contributed by atoms with Gasteiger partial charge in [-0.25, -0.2) is 0 Å². The van der Waals surface area contributed by atoms with Gasteiger partial charge in [-0.1, -0.05) is 13.8 Å². The molecule has 0 aromatic heterocycles. The summed E-state index contributed by atoms with van der Waals surface area (Å²) >= 11 is 0. The first kappa shape index (κ1) is 24.0. The van der Waals surface area contributed by atoms with Crippen LogP contribution in [0.15, 0.2) is 12.2 Å². The zero-order valence-corrected chi connectivity index (χ0v) is 18.3.